The highest BCUT2D eigenvalue weighted by molar-refractivity contribution is 8.00. The third-order valence-electron chi connectivity index (χ3n) is 3.55. The Morgan fingerprint density at radius 3 is 2.57 bits per heavy atom. The van der Waals surface area contributed by atoms with Crippen molar-refractivity contribution in [2.24, 2.45) is 0 Å². The zero-order valence-corrected chi connectivity index (χ0v) is 14.7. The van der Waals surface area contributed by atoms with Gasteiger partial charge >= 0.3 is 0 Å². The lowest BCUT2D eigenvalue weighted by molar-refractivity contribution is -0.120. The van der Waals surface area contributed by atoms with Crippen molar-refractivity contribution in [3.05, 3.63) is 35.9 Å². The summed E-state index contributed by atoms with van der Waals surface area (Å²) in [5, 5.41) is 15.0. The number of rotatable bonds is 7. The number of hydrogen-bond acceptors (Lipinski definition) is 5. The molecule has 0 radical (unpaired) electrons. The van der Waals surface area contributed by atoms with E-state index < -0.39 is 0 Å². The molecule has 23 heavy (non-hydrogen) atoms. The van der Waals surface area contributed by atoms with Gasteiger partial charge in [0, 0.05) is 6.54 Å². The van der Waals surface area contributed by atoms with Gasteiger partial charge in [-0.2, -0.15) is 0 Å². The van der Waals surface area contributed by atoms with Gasteiger partial charge in [-0.05, 0) is 42.7 Å². The minimum absolute atomic E-state index is 0.00362. The van der Waals surface area contributed by atoms with Crippen molar-refractivity contribution in [3.63, 3.8) is 0 Å². The molecule has 2 rings (SSSR count). The maximum absolute atomic E-state index is 12.3. The van der Waals surface area contributed by atoms with Crippen LogP contribution < -0.4 is 5.32 Å². The highest BCUT2D eigenvalue weighted by Gasteiger charge is 2.20. The maximum atomic E-state index is 12.3. The molecule has 2 unspecified atom stereocenters. The molecule has 0 aliphatic heterocycles. The number of nitrogens with one attached hydrogen (secondary N) is 1. The summed E-state index contributed by atoms with van der Waals surface area (Å²) in [5.74, 6) is 0.273. The summed E-state index contributed by atoms with van der Waals surface area (Å²) in [6, 6.07) is 10.3. The molecule has 0 bridgehead atoms. The van der Waals surface area contributed by atoms with Crippen LogP contribution in [0.25, 0.3) is 0 Å². The Bertz CT molecular complexity index is 628. The monoisotopic (exact) mass is 333 g/mol. The van der Waals surface area contributed by atoms with E-state index in [1.807, 2.05) is 39.0 Å². The molecular formula is C16H23N5OS. The number of tetrazole rings is 1. The van der Waals surface area contributed by atoms with Crippen molar-refractivity contribution in [3.8, 4) is 0 Å². The molecule has 2 atom stereocenters. The highest BCUT2D eigenvalue weighted by Crippen LogP contribution is 2.22. The Morgan fingerprint density at radius 1 is 1.22 bits per heavy atom. The predicted molar refractivity (Wildman–Crippen MR) is 91.4 cm³/mol. The van der Waals surface area contributed by atoms with Crippen molar-refractivity contribution in [1.82, 2.24) is 25.5 Å². The molecule has 0 saturated heterocycles. The summed E-state index contributed by atoms with van der Waals surface area (Å²) in [6.07, 6.45) is 0. The van der Waals surface area contributed by atoms with Crippen LogP contribution in [0.1, 0.15) is 45.2 Å². The van der Waals surface area contributed by atoms with Gasteiger partial charge in [-0.25, -0.2) is 4.68 Å². The normalized spacial score (nSPS) is 13.8. The fourth-order valence-electron chi connectivity index (χ4n) is 2.10. The number of carbonyl (C=O) groups excluding carboxylic acids is 1. The maximum Gasteiger partial charge on any atom is 0.233 e. The summed E-state index contributed by atoms with van der Waals surface area (Å²) in [7, 11) is 0. The fourth-order valence-corrected chi connectivity index (χ4v) is 3.04. The van der Waals surface area contributed by atoms with Crippen molar-refractivity contribution in [2.45, 2.75) is 50.1 Å². The molecule has 0 spiro atoms. The Balaban J connectivity index is 1.87. The van der Waals surface area contributed by atoms with Crippen LogP contribution in [0.4, 0.5) is 0 Å². The molecule has 1 heterocycles. The first kappa shape index (κ1) is 17.5. The Hall–Kier alpha value is -1.89. The minimum Gasteiger partial charge on any atom is -0.355 e. The van der Waals surface area contributed by atoms with E-state index in [2.05, 4.69) is 39.9 Å². The predicted octanol–water partition coefficient (Wildman–Crippen LogP) is 2.65. The van der Waals surface area contributed by atoms with Crippen LogP contribution in [0.5, 0.6) is 0 Å². The van der Waals surface area contributed by atoms with E-state index in [4.69, 9.17) is 0 Å². The second kappa shape index (κ2) is 8.10. The Labute approximate surface area is 141 Å². The molecular weight excluding hydrogens is 310 g/mol. The summed E-state index contributed by atoms with van der Waals surface area (Å²) in [5.41, 5.74) is 1.22. The summed E-state index contributed by atoms with van der Waals surface area (Å²) in [4.78, 5) is 12.3. The standard InChI is InChI=1S/C16H23N5OS/c1-11(2)21-16(18-19-20-21)23-13(4)15(22)17-10-12(3)14-8-6-5-7-9-14/h5-9,11-13H,10H2,1-4H3,(H,17,22). The van der Waals surface area contributed by atoms with Crippen LogP contribution in [-0.2, 0) is 4.79 Å². The molecule has 7 heteroatoms. The van der Waals surface area contributed by atoms with Crippen molar-refractivity contribution >= 4 is 17.7 Å². The van der Waals surface area contributed by atoms with E-state index in [-0.39, 0.29) is 23.1 Å². The van der Waals surface area contributed by atoms with Gasteiger partial charge in [-0.15, -0.1) is 5.10 Å². The van der Waals surface area contributed by atoms with Gasteiger partial charge in [0.1, 0.15) is 0 Å². The third-order valence-corrected chi connectivity index (χ3v) is 4.60. The number of aromatic nitrogens is 4. The first-order valence-corrected chi connectivity index (χ1v) is 8.64. The van der Waals surface area contributed by atoms with Gasteiger partial charge in [0.2, 0.25) is 11.1 Å². The molecule has 2 aromatic rings. The van der Waals surface area contributed by atoms with Crippen LogP contribution in [-0.4, -0.2) is 37.9 Å². The summed E-state index contributed by atoms with van der Waals surface area (Å²) >= 11 is 1.38. The Morgan fingerprint density at radius 2 is 1.91 bits per heavy atom. The van der Waals surface area contributed by atoms with Gasteiger partial charge in [0.05, 0.1) is 11.3 Å². The molecule has 1 aromatic carbocycles. The average molecular weight is 333 g/mol. The number of benzene rings is 1. The largest absolute Gasteiger partial charge is 0.355 e. The molecule has 0 fully saturated rings. The van der Waals surface area contributed by atoms with Gasteiger partial charge in [-0.1, -0.05) is 49.0 Å². The first-order chi connectivity index (χ1) is 11.0. The van der Waals surface area contributed by atoms with E-state index in [9.17, 15) is 4.79 Å². The van der Waals surface area contributed by atoms with Crippen molar-refractivity contribution in [1.29, 1.82) is 0 Å². The van der Waals surface area contributed by atoms with Crippen molar-refractivity contribution in [2.75, 3.05) is 6.54 Å². The van der Waals surface area contributed by atoms with E-state index >= 15 is 0 Å². The molecule has 1 amide bonds. The number of carbonyl (C=O) groups is 1. The van der Waals surface area contributed by atoms with E-state index in [1.54, 1.807) is 4.68 Å². The van der Waals surface area contributed by atoms with Crippen molar-refractivity contribution < 1.29 is 4.79 Å². The van der Waals surface area contributed by atoms with Crippen LogP contribution in [0.15, 0.2) is 35.5 Å². The highest BCUT2D eigenvalue weighted by atomic mass is 32.2. The van der Waals surface area contributed by atoms with Crippen LogP contribution in [0.3, 0.4) is 0 Å². The van der Waals surface area contributed by atoms with E-state index in [0.29, 0.717) is 11.7 Å². The average Bonchev–Trinajstić information content (AvgIpc) is 3.01. The fraction of sp³-hybridized carbons (Fsp3) is 0.500. The van der Waals surface area contributed by atoms with Gasteiger partial charge in [0.25, 0.3) is 0 Å². The van der Waals surface area contributed by atoms with Crippen LogP contribution in [0.2, 0.25) is 0 Å². The van der Waals surface area contributed by atoms with Gasteiger partial charge in [-0.3, -0.25) is 4.79 Å². The summed E-state index contributed by atoms with van der Waals surface area (Å²) in [6.45, 7) is 8.60. The first-order valence-electron chi connectivity index (χ1n) is 7.76. The lowest BCUT2D eigenvalue weighted by Crippen LogP contribution is -2.33. The Kier molecular flexibility index (Phi) is 6.15. The zero-order chi connectivity index (χ0) is 16.8. The van der Waals surface area contributed by atoms with Gasteiger partial charge in [0.15, 0.2) is 0 Å². The molecule has 0 aliphatic carbocycles. The second-order valence-corrected chi connectivity index (χ2v) is 7.12. The summed E-state index contributed by atoms with van der Waals surface area (Å²) < 4.78 is 1.72. The van der Waals surface area contributed by atoms with Crippen LogP contribution >= 0.6 is 11.8 Å². The molecule has 124 valence electrons. The number of nitrogens with zero attached hydrogens (tertiary/aromatic N) is 4. The zero-order valence-electron chi connectivity index (χ0n) is 13.9. The lowest BCUT2D eigenvalue weighted by atomic mass is 10.0. The molecule has 1 N–H and O–H groups in total. The molecule has 6 nitrogen and oxygen atoms in total. The lowest BCUT2D eigenvalue weighted by Gasteiger charge is -2.16. The SMILES string of the molecule is CC(Sc1nnnn1C(C)C)C(=O)NCC(C)c1ccccc1. The van der Waals surface area contributed by atoms with E-state index in [1.165, 1.54) is 17.3 Å². The van der Waals surface area contributed by atoms with E-state index in [0.717, 1.165) is 0 Å². The molecule has 1 aromatic heterocycles. The molecule has 0 saturated carbocycles. The topological polar surface area (TPSA) is 72.7 Å². The third kappa shape index (κ3) is 4.79. The number of thioether (sulfide) groups is 1. The van der Waals surface area contributed by atoms with Crippen LogP contribution in [0, 0.1) is 0 Å². The molecule has 0 aliphatic rings. The quantitative estimate of drug-likeness (QED) is 0.789. The second-order valence-electron chi connectivity index (χ2n) is 5.82. The van der Waals surface area contributed by atoms with Gasteiger partial charge < -0.3 is 5.32 Å². The number of amides is 1. The smallest absolute Gasteiger partial charge is 0.233 e. The number of hydrogen-bond donors (Lipinski definition) is 1. The minimum atomic E-state index is -0.249.